The number of aryl methyl sites for hydroxylation is 1. The minimum atomic E-state index is -0.117. The average molecular weight is 371 g/mol. The summed E-state index contributed by atoms with van der Waals surface area (Å²) in [6.45, 7) is 2.01. The van der Waals surface area contributed by atoms with Gasteiger partial charge in [-0.3, -0.25) is 9.69 Å². The average Bonchev–Trinajstić information content (AvgIpc) is 2.89. The minimum absolute atomic E-state index is 0.117. The number of ether oxygens (including phenoxy) is 2. The molecule has 1 fully saturated rings. The Morgan fingerprint density at radius 1 is 1.04 bits per heavy atom. The van der Waals surface area contributed by atoms with Crippen molar-refractivity contribution in [2.24, 2.45) is 0 Å². The second-order valence-corrected chi connectivity index (χ2v) is 7.14. The van der Waals surface area contributed by atoms with Gasteiger partial charge in [-0.25, -0.2) is 0 Å². The van der Waals surface area contributed by atoms with E-state index in [9.17, 15) is 4.79 Å². The van der Waals surface area contributed by atoms with Gasteiger partial charge in [0.25, 0.3) is 5.91 Å². The molecule has 128 valence electrons. The third kappa shape index (κ3) is 3.55. The summed E-state index contributed by atoms with van der Waals surface area (Å²) >= 11 is 6.69. The minimum Gasteiger partial charge on any atom is -0.493 e. The van der Waals surface area contributed by atoms with Gasteiger partial charge in [0, 0.05) is 0 Å². The van der Waals surface area contributed by atoms with Crippen LogP contribution in [0.3, 0.4) is 0 Å². The van der Waals surface area contributed by atoms with Crippen molar-refractivity contribution in [2.75, 3.05) is 19.1 Å². The van der Waals surface area contributed by atoms with E-state index in [1.165, 1.54) is 11.8 Å². The van der Waals surface area contributed by atoms with Crippen LogP contribution in [0.25, 0.3) is 6.08 Å². The number of thioether (sulfide) groups is 1. The summed E-state index contributed by atoms with van der Waals surface area (Å²) in [5.41, 5.74) is 2.76. The number of anilines is 1. The van der Waals surface area contributed by atoms with Gasteiger partial charge < -0.3 is 9.47 Å². The Bertz CT molecular complexity index is 859. The lowest BCUT2D eigenvalue weighted by Crippen LogP contribution is -2.27. The second-order valence-electron chi connectivity index (χ2n) is 5.47. The molecule has 6 heteroatoms. The SMILES string of the molecule is COc1ccc(/C=C2\SC(=S)N(c3ccc(C)cc3)C2=O)cc1OC. The zero-order chi connectivity index (χ0) is 18.0. The van der Waals surface area contributed by atoms with Crippen LogP contribution in [0, 0.1) is 6.92 Å². The van der Waals surface area contributed by atoms with Gasteiger partial charge in [0.05, 0.1) is 24.8 Å². The Morgan fingerprint density at radius 2 is 1.72 bits per heavy atom. The first-order chi connectivity index (χ1) is 12.0. The van der Waals surface area contributed by atoms with Crippen LogP contribution < -0.4 is 14.4 Å². The zero-order valence-corrected chi connectivity index (χ0v) is 15.7. The van der Waals surface area contributed by atoms with E-state index in [-0.39, 0.29) is 5.91 Å². The van der Waals surface area contributed by atoms with E-state index in [0.29, 0.717) is 20.7 Å². The molecule has 1 aliphatic rings. The number of benzene rings is 2. The Balaban J connectivity index is 1.91. The van der Waals surface area contributed by atoms with Crippen LogP contribution in [-0.4, -0.2) is 24.4 Å². The van der Waals surface area contributed by atoms with Crippen LogP contribution in [0.1, 0.15) is 11.1 Å². The topological polar surface area (TPSA) is 38.8 Å². The van der Waals surface area contributed by atoms with Crippen molar-refractivity contribution >= 4 is 46.0 Å². The van der Waals surface area contributed by atoms with Crippen molar-refractivity contribution in [2.45, 2.75) is 6.92 Å². The van der Waals surface area contributed by atoms with Crippen molar-refractivity contribution in [3.8, 4) is 11.5 Å². The maximum atomic E-state index is 12.8. The lowest BCUT2D eigenvalue weighted by atomic mass is 10.1. The Kier molecular flexibility index (Phi) is 5.11. The third-order valence-corrected chi connectivity index (χ3v) is 5.09. The summed E-state index contributed by atoms with van der Waals surface area (Å²) in [6, 6.07) is 13.2. The Hall–Kier alpha value is -2.31. The molecule has 0 radical (unpaired) electrons. The van der Waals surface area contributed by atoms with Crippen molar-refractivity contribution in [3.05, 3.63) is 58.5 Å². The molecular weight excluding hydrogens is 354 g/mol. The fourth-order valence-corrected chi connectivity index (χ4v) is 3.78. The summed E-state index contributed by atoms with van der Waals surface area (Å²) < 4.78 is 11.1. The van der Waals surface area contributed by atoms with Crippen LogP contribution in [0.4, 0.5) is 5.69 Å². The normalized spacial score (nSPS) is 15.8. The van der Waals surface area contributed by atoms with Crippen molar-refractivity contribution in [1.29, 1.82) is 0 Å². The first-order valence-corrected chi connectivity index (χ1v) is 8.82. The number of carbonyl (C=O) groups excluding carboxylic acids is 1. The summed E-state index contributed by atoms with van der Waals surface area (Å²) in [5.74, 6) is 1.14. The standard InChI is InChI=1S/C19H17NO3S2/c1-12-4-7-14(8-5-12)20-18(21)17(25-19(20)24)11-13-6-9-15(22-2)16(10-13)23-3/h4-11H,1-3H3/b17-11-. The first-order valence-electron chi connectivity index (χ1n) is 7.60. The van der Waals surface area contributed by atoms with Crippen LogP contribution >= 0.6 is 24.0 Å². The van der Waals surface area contributed by atoms with Gasteiger partial charge in [-0.2, -0.15) is 0 Å². The van der Waals surface area contributed by atoms with E-state index in [1.807, 2.05) is 55.5 Å². The van der Waals surface area contributed by atoms with Crippen LogP contribution in [0.15, 0.2) is 47.4 Å². The number of carbonyl (C=O) groups is 1. The van der Waals surface area contributed by atoms with Gasteiger partial charge in [0.15, 0.2) is 15.8 Å². The highest BCUT2D eigenvalue weighted by atomic mass is 32.2. The summed E-state index contributed by atoms with van der Waals surface area (Å²) in [5, 5.41) is 0. The van der Waals surface area contributed by atoms with Crippen molar-refractivity contribution in [3.63, 3.8) is 0 Å². The summed E-state index contributed by atoms with van der Waals surface area (Å²) in [6.07, 6.45) is 1.81. The quantitative estimate of drug-likeness (QED) is 0.588. The largest absolute Gasteiger partial charge is 0.493 e. The van der Waals surface area contributed by atoms with Crippen LogP contribution in [0.5, 0.6) is 11.5 Å². The Morgan fingerprint density at radius 3 is 2.36 bits per heavy atom. The number of hydrogen-bond donors (Lipinski definition) is 0. The monoisotopic (exact) mass is 371 g/mol. The molecule has 1 heterocycles. The van der Waals surface area contributed by atoms with Gasteiger partial charge in [0.2, 0.25) is 0 Å². The van der Waals surface area contributed by atoms with E-state index < -0.39 is 0 Å². The molecule has 4 nitrogen and oxygen atoms in total. The maximum absolute atomic E-state index is 12.8. The second kappa shape index (κ2) is 7.29. The smallest absolute Gasteiger partial charge is 0.270 e. The number of nitrogens with zero attached hydrogens (tertiary/aromatic N) is 1. The van der Waals surface area contributed by atoms with Gasteiger partial charge in [-0.1, -0.05) is 47.7 Å². The number of hydrogen-bond acceptors (Lipinski definition) is 5. The fraction of sp³-hybridized carbons (Fsp3) is 0.158. The zero-order valence-electron chi connectivity index (χ0n) is 14.1. The summed E-state index contributed by atoms with van der Waals surface area (Å²) in [4.78, 5) is 14.9. The highest BCUT2D eigenvalue weighted by Gasteiger charge is 2.33. The van der Waals surface area contributed by atoms with Gasteiger partial charge in [-0.05, 0) is 42.8 Å². The number of rotatable bonds is 4. The molecule has 0 N–H and O–H groups in total. The van der Waals surface area contributed by atoms with E-state index >= 15 is 0 Å². The molecule has 0 bridgehead atoms. The molecule has 0 saturated carbocycles. The van der Waals surface area contributed by atoms with E-state index in [2.05, 4.69) is 0 Å². The van der Waals surface area contributed by atoms with E-state index in [0.717, 1.165) is 16.8 Å². The van der Waals surface area contributed by atoms with Crippen molar-refractivity contribution in [1.82, 2.24) is 0 Å². The number of amides is 1. The lowest BCUT2D eigenvalue weighted by molar-refractivity contribution is -0.113. The van der Waals surface area contributed by atoms with Gasteiger partial charge >= 0.3 is 0 Å². The highest BCUT2D eigenvalue weighted by Crippen LogP contribution is 2.37. The predicted molar refractivity (Wildman–Crippen MR) is 106 cm³/mol. The molecule has 0 atom stereocenters. The molecule has 0 aromatic heterocycles. The van der Waals surface area contributed by atoms with Crippen LogP contribution in [0.2, 0.25) is 0 Å². The molecule has 1 amide bonds. The maximum Gasteiger partial charge on any atom is 0.270 e. The molecule has 0 spiro atoms. The lowest BCUT2D eigenvalue weighted by Gasteiger charge is -2.14. The molecule has 3 rings (SSSR count). The van der Waals surface area contributed by atoms with Gasteiger partial charge in [-0.15, -0.1) is 0 Å². The molecule has 0 unspecified atom stereocenters. The molecule has 0 aliphatic carbocycles. The molecule has 2 aromatic carbocycles. The van der Waals surface area contributed by atoms with Gasteiger partial charge in [0.1, 0.15) is 0 Å². The van der Waals surface area contributed by atoms with E-state index in [1.54, 1.807) is 19.1 Å². The number of methoxy groups -OCH3 is 2. The highest BCUT2D eigenvalue weighted by molar-refractivity contribution is 8.27. The molecular formula is C19H17NO3S2. The molecule has 2 aromatic rings. The predicted octanol–water partition coefficient (Wildman–Crippen LogP) is 4.42. The van der Waals surface area contributed by atoms with Crippen molar-refractivity contribution < 1.29 is 14.3 Å². The van der Waals surface area contributed by atoms with Crippen LogP contribution in [-0.2, 0) is 4.79 Å². The molecule has 25 heavy (non-hydrogen) atoms. The fourth-order valence-electron chi connectivity index (χ4n) is 2.48. The Labute approximate surface area is 156 Å². The molecule has 1 saturated heterocycles. The third-order valence-electron chi connectivity index (χ3n) is 3.79. The molecule has 1 aliphatic heterocycles. The number of thiocarbonyl (C=S) groups is 1. The first kappa shape index (κ1) is 17.5. The van der Waals surface area contributed by atoms with E-state index in [4.69, 9.17) is 21.7 Å². The summed E-state index contributed by atoms with van der Waals surface area (Å²) in [7, 11) is 3.17.